The molecule has 2 saturated heterocycles. The lowest BCUT2D eigenvalue weighted by atomic mass is 9.72. The Labute approximate surface area is 201 Å². The standard InChI is InChI=1S/C26H26F3N3O3/c27-26(28,29)21-10-8-18(9-11-21)22-30-31-23(35-22)19-5-4-14-32(17-19)24(33)25(12-15-34-16-13-25)20-6-2-1-3-7-20/h1-3,6-11,19H,4-5,12-17H2. The minimum Gasteiger partial charge on any atom is -0.420 e. The number of carbonyl (C=O) groups excluding carboxylic acids is 1. The number of hydrogen-bond donors (Lipinski definition) is 0. The van der Waals surface area contributed by atoms with E-state index >= 15 is 0 Å². The van der Waals surface area contributed by atoms with Gasteiger partial charge in [-0.1, -0.05) is 30.3 Å². The summed E-state index contributed by atoms with van der Waals surface area (Å²) < 4.78 is 50.0. The summed E-state index contributed by atoms with van der Waals surface area (Å²) >= 11 is 0. The highest BCUT2D eigenvalue weighted by atomic mass is 19.4. The number of benzene rings is 2. The van der Waals surface area contributed by atoms with Gasteiger partial charge in [-0.05, 0) is 55.5 Å². The summed E-state index contributed by atoms with van der Waals surface area (Å²) in [6.07, 6.45) is -1.54. The molecule has 0 radical (unpaired) electrons. The second kappa shape index (κ2) is 9.45. The van der Waals surface area contributed by atoms with Gasteiger partial charge in [0, 0.05) is 31.9 Å². The van der Waals surface area contributed by atoms with E-state index in [9.17, 15) is 18.0 Å². The highest BCUT2D eigenvalue weighted by Gasteiger charge is 2.45. The average molecular weight is 486 g/mol. The number of aromatic nitrogens is 2. The molecule has 1 atom stereocenters. The van der Waals surface area contributed by atoms with Gasteiger partial charge in [0.1, 0.15) is 0 Å². The van der Waals surface area contributed by atoms with Crippen molar-refractivity contribution in [2.24, 2.45) is 0 Å². The second-order valence-corrected chi connectivity index (χ2v) is 9.17. The van der Waals surface area contributed by atoms with Crippen molar-refractivity contribution in [3.63, 3.8) is 0 Å². The van der Waals surface area contributed by atoms with E-state index in [2.05, 4.69) is 10.2 Å². The van der Waals surface area contributed by atoms with E-state index in [4.69, 9.17) is 9.15 Å². The number of carbonyl (C=O) groups is 1. The molecule has 0 spiro atoms. The largest absolute Gasteiger partial charge is 0.420 e. The van der Waals surface area contributed by atoms with Gasteiger partial charge < -0.3 is 14.1 Å². The van der Waals surface area contributed by atoms with E-state index in [1.54, 1.807) is 0 Å². The van der Waals surface area contributed by atoms with Gasteiger partial charge in [0.15, 0.2) is 0 Å². The minimum absolute atomic E-state index is 0.0965. The highest BCUT2D eigenvalue weighted by molar-refractivity contribution is 5.88. The highest BCUT2D eigenvalue weighted by Crippen LogP contribution is 2.39. The van der Waals surface area contributed by atoms with Crippen molar-refractivity contribution in [3.05, 3.63) is 71.6 Å². The molecule has 2 aromatic carbocycles. The molecule has 0 N–H and O–H groups in total. The molecule has 184 valence electrons. The zero-order chi connectivity index (χ0) is 24.5. The van der Waals surface area contributed by atoms with Crippen LogP contribution in [0, 0.1) is 0 Å². The maximum atomic E-state index is 13.9. The maximum absolute atomic E-state index is 13.9. The lowest BCUT2D eigenvalue weighted by Crippen LogP contribution is -2.52. The zero-order valence-corrected chi connectivity index (χ0v) is 19.1. The van der Waals surface area contributed by atoms with Crippen LogP contribution in [0.15, 0.2) is 59.0 Å². The Hall–Kier alpha value is -3.20. The van der Waals surface area contributed by atoms with Crippen molar-refractivity contribution in [2.75, 3.05) is 26.3 Å². The third kappa shape index (κ3) is 4.69. The number of ether oxygens (including phenoxy) is 1. The fourth-order valence-electron chi connectivity index (χ4n) is 5.09. The predicted molar refractivity (Wildman–Crippen MR) is 121 cm³/mol. The summed E-state index contributed by atoms with van der Waals surface area (Å²) in [4.78, 5) is 15.8. The lowest BCUT2D eigenvalue weighted by Gasteiger charge is -2.42. The molecule has 1 amide bonds. The molecule has 2 aliphatic rings. The van der Waals surface area contributed by atoms with Crippen LogP contribution in [-0.4, -0.2) is 47.3 Å². The van der Waals surface area contributed by atoms with E-state index in [1.807, 2.05) is 35.2 Å². The molecule has 2 fully saturated rings. The van der Waals surface area contributed by atoms with Gasteiger partial charge >= 0.3 is 6.18 Å². The first-order chi connectivity index (χ1) is 16.9. The van der Waals surface area contributed by atoms with Crippen LogP contribution in [0.3, 0.4) is 0 Å². The molecule has 3 heterocycles. The first-order valence-electron chi connectivity index (χ1n) is 11.8. The van der Waals surface area contributed by atoms with Crippen molar-refractivity contribution < 1.29 is 27.1 Å². The lowest BCUT2D eigenvalue weighted by molar-refractivity contribution is -0.142. The van der Waals surface area contributed by atoms with Crippen molar-refractivity contribution in [1.29, 1.82) is 0 Å². The molecule has 1 aromatic heterocycles. The van der Waals surface area contributed by atoms with Crippen molar-refractivity contribution >= 4 is 5.91 Å². The molecule has 0 bridgehead atoms. The second-order valence-electron chi connectivity index (χ2n) is 9.17. The van der Waals surface area contributed by atoms with Crippen LogP contribution >= 0.6 is 0 Å². The van der Waals surface area contributed by atoms with Crippen LogP contribution in [0.1, 0.15) is 48.6 Å². The predicted octanol–water partition coefficient (Wildman–Crippen LogP) is 5.21. The van der Waals surface area contributed by atoms with Crippen molar-refractivity contribution in [1.82, 2.24) is 15.1 Å². The maximum Gasteiger partial charge on any atom is 0.416 e. The van der Waals surface area contributed by atoms with Crippen molar-refractivity contribution in [3.8, 4) is 11.5 Å². The summed E-state index contributed by atoms with van der Waals surface area (Å²) in [7, 11) is 0. The minimum atomic E-state index is -4.40. The smallest absolute Gasteiger partial charge is 0.416 e. The Morgan fingerprint density at radius 3 is 2.40 bits per heavy atom. The third-order valence-electron chi connectivity index (χ3n) is 7.04. The molecular formula is C26H26F3N3O3. The molecular weight excluding hydrogens is 459 g/mol. The van der Waals surface area contributed by atoms with E-state index in [-0.39, 0.29) is 17.7 Å². The number of hydrogen-bond acceptors (Lipinski definition) is 5. The molecule has 9 heteroatoms. The van der Waals surface area contributed by atoms with Crippen LogP contribution in [0.25, 0.3) is 11.5 Å². The van der Waals surface area contributed by atoms with Gasteiger partial charge in [-0.15, -0.1) is 10.2 Å². The Kier molecular flexibility index (Phi) is 6.35. The van der Waals surface area contributed by atoms with Crippen LogP contribution in [0.5, 0.6) is 0 Å². The normalized spacial score (nSPS) is 20.5. The van der Waals surface area contributed by atoms with E-state index in [0.717, 1.165) is 30.5 Å². The zero-order valence-electron chi connectivity index (χ0n) is 19.1. The number of halogens is 3. The Morgan fingerprint density at radius 2 is 1.71 bits per heavy atom. The van der Waals surface area contributed by atoms with Crippen LogP contribution in [0.4, 0.5) is 13.2 Å². The molecule has 35 heavy (non-hydrogen) atoms. The van der Waals surface area contributed by atoms with Gasteiger partial charge in [-0.25, -0.2) is 0 Å². The number of alkyl halides is 3. The van der Waals surface area contributed by atoms with E-state index < -0.39 is 17.2 Å². The molecule has 0 saturated carbocycles. The molecule has 1 unspecified atom stereocenters. The van der Waals surface area contributed by atoms with Gasteiger partial charge in [-0.3, -0.25) is 4.79 Å². The fraction of sp³-hybridized carbons (Fsp3) is 0.423. The van der Waals surface area contributed by atoms with Crippen LogP contribution < -0.4 is 0 Å². The number of amides is 1. The fourth-order valence-corrected chi connectivity index (χ4v) is 5.09. The first-order valence-corrected chi connectivity index (χ1v) is 11.8. The first kappa shape index (κ1) is 23.5. The summed E-state index contributed by atoms with van der Waals surface area (Å²) in [5.74, 6) is 0.538. The van der Waals surface area contributed by atoms with E-state index in [0.29, 0.717) is 50.6 Å². The number of rotatable bonds is 4. The van der Waals surface area contributed by atoms with Gasteiger partial charge in [-0.2, -0.15) is 13.2 Å². The summed E-state index contributed by atoms with van der Waals surface area (Å²) in [5, 5.41) is 8.23. The molecule has 5 rings (SSSR count). The number of likely N-dealkylation sites (tertiary alicyclic amines) is 1. The van der Waals surface area contributed by atoms with Crippen LogP contribution in [-0.2, 0) is 21.1 Å². The Morgan fingerprint density at radius 1 is 1.00 bits per heavy atom. The van der Waals surface area contributed by atoms with Gasteiger partial charge in [0.05, 0.1) is 16.9 Å². The molecule has 3 aromatic rings. The third-order valence-corrected chi connectivity index (χ3v) is 7.04. The average Bonchev–Trinajstić information content (AvgIpc) is 3.39. The summed E-state index contributed by atoms with van der Waals surface area (Å²) in [5.41, 5.74) is 0.0909. The van der Waals surface area contributed by atoms with Crippen LogP contribution in [0.2, 0.25) is 0 Å². The quantitative estimate of drug-likeness (QED) is 0.508. The summed E-state index contributed by atoms with van der Waals surface area (Å²) in [6.45, 7) is 2.20. The van der Waals surface area contributed by atoms with Crippen molar-refractivity contribution in [2.45, 2.75) is 43.2 Å². The molecule has 0 aliphatic carbocycles. The van der Waals surface area contributed by atoms with Gasteiger partial charge in [0.2, 0.25) is 17.7 Å². The topological polar surface area (TPSA) is 68.5 Å². The van der Waals surface area contributed by atoms with E-state index in [1.165, 1.54) is 12.1 Å². The SMILES string of the molecule is O=C(N1CCCC(c2nnc(-c3ccc(C(F)(F)F)cc3)o2)C1)C1(c2ccccc2)CCOCC1. The monoisotopic (exact) mass is 485 g/mol. The Bertz CT molecular complexity index is 1160. The molecule has 2 aliphatic heterocycles. The Balaban J connectivity index is 1.34. The number of nitrogens with zero attached hydrogens (tertiary/aromatic N) is 3. The number of piperidine rings is 1. The van der Waals surface area contributed by atoms with Gasteiger partial charge in [0.25, 0.3) is 0 Å². The molecule has 6 nitrogen and oxygen atoms in total. The summed E-state index contributed by atoms with van der Waals surface area (Å²) in [6, 6.07) is 14.5.